The molecule has 0 aliphatic carbocycles. The van der Waals surface area contributed by atoms with Crippen LogP contribution in [-0.2, 0) is 9.53 Å². The molecule has 5 heteroatoms. The summed E-state index contributed by atoms with van der Waals surface area (Å²) in [7, 11) is 3.17. The SMILES string of the molecule is COC(=O)C(C)(C)C1C(C)=NN(C)N=C1C. The molecule has 0 saturated heterocycles. The van der Waals surface area contributed by atoms with Gasteiger partial charge in [0.25, 0.3) is 0 Å². The molecule has 0 unspecified atom stereocenters. The minimum absolute atomic E-state index is 0.101. The van der Waals surface area contributed by atoms with Crippen LogP contribution in [0.5, 0.6) is 0 Å². The second-order valence-corrected chi connectivity index (χ2v) is 4.62. The van der Waals surface area contributed by atoms with E-state index in [-0.39, 0.29) is 11.9 Å². The van der Waals surface area contributed by atoms with Crippen molar-refractivity contribution in [2.75, 3.05) is 14.2 Å². The molecule has 90 valence electrons. The average Bonchev–Trinajstić information content (AvgIpc) is 2.14. The monoisotopic (exact) mass is 225 g/mol. The minimum Gasteiger partial charge on any atom is -0.469 e. The lowest BCUT2D eigenvalue weighted by Gasteiger charge is -2.34. The zero-order valence-corrected chi connectivity index (χ0v) is 10.7. The highest BCUT2D eigenvalue weighted by atomic mass is 16.5. The van der Waals surface area contributed by atoms with Gasteiger partial charge in [-0.05, 0) is 27.7 Å². The summed E-state index contributed by atoms with van der Waals surface area (Å²) in [6.07, 6.45) is 0. The fourth-order valence-corrected chi connectivity index (χ4v) is 2.32. The van der Waals surface area contributed by atoms with Gasteiger partial charge in [0.05, 0.1) is 18.4 Å². The summed E-state index contributed by atoms with van der Waals surface area (Å²) in [5, 5.41) is 10.0. The van der Waals surface area contributed by atoms with Crippen LogP contribution in [0.25, 0.3) is 0 Å². The lowest BCUT2D eigenvalue weighted by Crippen LogP contribution is -2.44. The van der Waals surface area contributed by atoms with Crippen molar-refractivity contribution in [3.63, 3.8) is 0 Å². The van der Waals surface area contributed by atoms with Crippen LogP contribution in [0.3, 0.4) is 0 Å². The molecule has 0 spiro atoms. The molecule has 1 rings (SSSR count). The van der Waals surface area contributed by atoms with E-state index in [1.807, 2.05) is 27.7 Å². The summed E-state index contributed by atoms with van der Waals surface area (Å²) in [4.78, 5) is 11.8. The highest BCUT2D eigenvalue weighted by molar-refractivity contribution is 6.09. The summed E-state index contributed by atoms with van der Waals surface area (Å²) in [6.45, 7) is 7.52. The summed E-state index contributed by atoms with van der Waals surface area (Å²) in [5.41, 5.74) is 1.12. The van der Waals surface area contributed by atoms with Gasteiger partial charge < -0.3 is 4.74 Å². The first-order valence-electron chi connectivity index (χ1n) is 5.23. The standard InChI is InChI=1S/C11H19N3O2/c1-7-9(8(2)13-14(5)12-7)11(3,4)10(15)16-6/h9H,1-6H3. The third-order valence-corrected chi connectivity index (χ3v) is 2.87. The fourth-order valence-electron chi connectivity index (χ4n) is 2.32. The van der Waals surface area contributed by atoms with Gasteiger partial charge in [0.2, 0.25) is 0 Å². The molecule has 0 bridgehead atoms. The Bertz CT molecular complexity index is 338. The highest BCUT2D eigenvalue weighted by Gasteiger charge is 2.42. The molecular weight excluding hydrogens is 206 g/mol. The largest absolute Gasteiger partial charge is 0.469 e. The van der Waals surface area contributed by atoms with Gasteiger partial charge in [-0.2, -0.15) is 15.3 Å². The molecule has 1 heterocycles. The number of ether oxygens (including phenoxy) is 1. The van der Waals surface area contributed by atoms with Crippen LogP contribution in [-0.4, -0.2) is 36.7 Å². The van der Waals surface area contributed by atoms with Gasteiger partial charge in [-0.25, -0.2) is 0 Å². The lowest BCUT2D eigenvalue weighted by atomic mass is 9.74. The molecule has 0 aromatic rings. The molecule has 1 aliphatic rings. The molecule has 0 aromatic carbocycles. The second kappa shape index (κ2) is 4.23. The Morgan fingerprint density at radius 2 is 1.75 bits per heavy atom. The van der Waals surface area contributed by atoms with Crippen molar-refractivity contribution >= 4 is 17.4 Å². The number of rotatable bonds is 2. The van der Waals surface area contributed by atoms with Crippen molar-refractivity contribution in [1.29, 1.82) is 0 Å². The maximum Gasteiger partial charge on any atom is 0.312 e. The number of hydrogen-bond donors (Lipinski definition) is 0. The van der Waals surface area contributed by atoms with Crippen LogP contribution < -0.4 is 0 Å². The van der Waals surface area contributed by atoms with Gasteiger partial charge in [0, 0.05) is 18.5 Å². The normalized spacial score (nSPS) is 18.0. The summed E-state index contributed by atoms with van der Waals surface area (Å²) >= 11 is 0. The van der Waals surface area contributed by atoms with Crippen molar-refractivity contribution in [3.05, 3.63) is 0 Å². The fraction of sp³-hybridized carbons (Fsp3) is 0.727. The molecule has 0 N–H and O–H groups in total. The molecule has 0 saturated carbocycles. The molecule has 0 aromatic heterocycles. The number of nitrogens with zero attached hydrogens (tertiary/aromatic N) is 3. The molecule has 0 amide bonds. The van der Waals surface area contributed by atoms with E-state index in [4.69, 9.17) is 4.74 Å². The quantitative estimate of drug-likeness (QED) is 0.669. The third kappa shape index (κ3) is 2.08. The third-order valence-electron chi connectivity index (χ3n) is 2.87. The first kappa shape index (κ1) is 12.7. The number of carbonyl (C=O) groups is 1. The molecule has 16 heavy (non-hydrogen) atoms. The smallest absolute Gasteiger partial charge is 0.312 e. The van der Waals surface area contributed by atoms with E-state index < -0.39 is 5.41 Å². The second-order valence-electron chi connectivity index (χ2n) is 4.62. The van der Waals surface area contributed by atoms with E-state index in [2.05, 4.69) is 10.2 Å². The van der Waals surface area contributed by atoms with E-state index in [0.717, 1.165) is 11.4 Å². The predicted octanol–water partition coefficient (Wildman–Crippen LogP) is 1.50. The summed E-state index contributed by atoms with van der Waals surface area (Å²) < 4.78 is 4.83. The van der Waals surface area contributed by atoms with Crippen molar-refractivity contribution in [1.82, 2.24) is 5.12 Å². The Kier molecular flexibility index (Phi) is 3.35. The van der Waals surface area contributed by atoms with Gasteiger partial charge in [-0.15, -0.1) is 0 Å². The number of hydrazone groups is 2. The Morgan fingerprint density at radius 1 is 1.31 bits per heavy atom. The maximum atomic E-state index is 11.8. The van der Waals surface area contributed by atoms with Crippen LogP contribution in [0.1, 0.15) is 27.7 Å². The van der Waals surface area contributed by atoms with Crippen LogP contribution >= 0.6 is 0 Å². The Labute approximate surface area is 96.1 Å². The number of carbonyl (C=O) groups excluding carboxylic acids is 1. The van der Waals surface area contributed by atoms with Crippen molar-refractivity contribution in [2.45, 2.75) is 27.7 Å². The van der Waals surface area contributed by atoms with Gasteiger partial charge in [0.15, 0.2) is 0 Å². The molecule has 5 nitrogen and oxygen atoms in total. The number of hydrogen-bond acceptors (Lipinski definition) is 5. The van der Waals surface area contributed by atoms with E-state index in [0.29, 0.717) is 0 Å². The predicted molar refractivity (Wildman–Crippen MR) is 63.3 cm³/mol. The average molecular weight is 225 g/mol. The molecule has 0 atom stereocenters. The number of esters is 1. The first-order chi connectivity index (χ1) is 7.30. The zero-order valence-electron chi connectivity index (χ0n) is 10.7. The maximum absolute atomic E-state index is 11.8. The van der Waals surface area contributed by atoms with E-state index >= 15 is 0 Å². The highest BCUT2D eigenvalue weighted by Crippen LogP contribution is 2.32. The van der Waals surface area contributed by atoms with Gasteiger partial charge in [-0.1, -0.05) is 0 Å². The van der Waals surface area contributed by atoms with Gasteiger partial charge in [-0.3, -0.25) is 4.79 Å². The summed E-state index contributed by atoms with van der Waals surface area (Å²) in [5.74, 6) is -0.345. The minimum atomic E-state index is -0.642. The van der Waals surface area contributed by atoms with Crippen LogP contribution in [0.2, 0.25) is 0 Å². The number of methoxy groups -OCH3 is 1. The summed E-state index contributed by atoms with van der Waals surface area (Å²) in [6, 6.07) is 0. The van der Waals surface area contributed by atoms with E-state index in [1.54, 1.807) is 7.05 Å². The Balaban J connectivity index is 3.09. The molecule has 0 fully saturated rings. The zero-order chi connectivity index (χ0) is 12.5. The van der Waals surface area contributed by atoms with Gasteiger partial charge in [0.1, 0.15) is 0 Å². The van der Waals surface area contributed by atoms with Crippen molar-refractivity contribution in [2.24, 2.45) is 21.5 Å². The molecular formula is C11H19N3O2. The van der Waals surface area contributed by atoms with Gasteiger partial charge >= 0.3 is 5.97 Å². The van der Waals surface area contributed by atoms with Crippen molar-refractivity contribution in [3.8, 4) is 0 Å². The van der Waals surface area contributed by atoms with E-state index in [9.17, 15) is 4.79 Å². The van der Waals surface area contributed by atoms with Crippen LogP contribution in [0.4, 0.5) is 0 Å². The molecule has 1 aliphatic heterocycles. The Morgan fingerprint density at radius 3 is 2.12 bits per heavy atom. The van der Waals surface area contributed by atoms with Crippen LogP contribution in [0, 0.1) is 11.3 Å². The van der Waals surface area contributed by atoms with Crippen LogP contribution in [0.15, 0.2) is 10.2 Å². The Hall–Kier alpha value is -1.39. The molecule has 0 radical (unpaired) electrons. The first-order valence-corrected chi connectivity index (χ1v) is 5.23. The van der Waals surface area contributed by atoms with E-state index in [1.165, 1.54) is 12.2 Å². The van der Waals surface area contributed by atoms with Crippen molar-refractivity contribution < 1.29 is 9.53 Å². The topological polar surface area (TPSA) is 54.3 Å². The lowest BCUT2D eigenvalue weighted by molar-refractivity contribution is -0.151.